The lowest BCUT2D eigenvalue weighted by atomic mass is 10.2. The molecule has 17 heavy (non-hydrogen) atoms. The van der Waals surface area contributed by atoms with Crippen LogP contribution in [0.5, 0.6) is 0 Å². The zero-order valence-corrected chi connectivity index (χ0v) is 11.1. The van der Waals surface area contributed by atoms with Crippen LogP contribution in [0.25, 0.3) is 20.8 Å². The summed E-state index contributed by atoms with van der Waals surface area (Å²) in [6.07, 6.45) is 4.13. The quantitative estimate of drug-likeness (QED) is 0.698. The molecule has 2 nitrogen and oxygen atoms in total. The van der Waals surface area contributed by atoms with E-state index in [-0.39, 0.29) is 0 Å². The van der Waals surface area contributed by atoms with Gasteiger partial charge >= 0.3 is 0 Å². The van der Waals surface area contributed by atoms with E-state index < -0.39 is 0 Å². The highest BCUT2D eigenvalue weighted by Crippen LogP contribution is 2.28. The van der Waals surface area contributed by atoms with Gasteiger partial charge < -0.3 is 0 Å². The molecule has 0 aliphatic heterocycles. The number of thiazole rings is 1. The summed E-state index contributed by atoms with van der Waals surface area (Å²) in [5.41, 5.74) is 3.40. The Balaban J connectivity index is 2.00. The molecule has 86 valence electrons. The molecule has 0 N–H and O–H groups in total. The Kier molecular flexibility index (Phi) is 2.91. The second-order valence-electron chi connectivity index (χ2n) is 3.92. The first-order valence-corrected chi connectivity index (χ1v) is 7.41. The molecular formula is C13H12N2S2. The SMILES string of the molecule is CCCc1csc(-c2cnc3ccsc3c2)n1. The lowest BCUT2D eigenvalue weighted by molar-refractivity contribution is 0.893. The minimum Gasteiger partial charge on any atom is -0.255 e. The zero-order valence-electron chi connectivity index (χ0n) is 9.51. The van der Waals surface area contributed by atoms with Crippen molar-refractivity contribution in [3.8, 4) is 10.6 Å². The van der Waals surface area contributed by atoms with Gasteiger partial charge in [0.1, 0.15) is 5.01 Å². The molecule has 0 bridgehead atoms. The van der Waals surface area contributed by atoms with Crippen molar-refractivity contribution in [3.05, 3.63) is 34.8 Å². The molecule has 0 spiro atoms. The van der Waals surface area contributed by atoms with E-state index in [1.165, 1.54) is 10.4 Å². The maximum absolute atomic E-state index is 4.64. The molecule has 3 heterocycles. The number of fused-ring (bicyclic) bond motifs is 1. The van der Waals surface area contributed by atoms with Crippen LogP contribution in [-0.4, -0.2) is 9.97 Å². The van der Waals surface area contributed by atoms with Crippen LogP contribution in [0.4, 0.5) is 0 Å². The molecule has 0 aliphatic rings. The van der Waals surface area contributed by atoms with E-state index in [2.05, 4.69) is 33.7 Å². The smallest absolute Gasteiger partial charge is 0.125 e. The minimum atomic E-state index is 1.06. The monoisotopic (exact) mass is 260 g/mol. The van der Waals surface area contributed by atoms with Gasteiger partial charge in [0.05, 0.1) is 15.9 Å². The lowest BCUT2D eigenvalue weighted by Gasteiger charge is -1.96. The molecule has 3 aromatic heterocycles. The fourth-order valence-corrected chi connectivity index (χ4v) is 3.39. The molecule has 0 amide bonds. The first-order valence-electron chi connectivity index (χ1n) is 5.65. The summed E-state index contributed by atoms with van der Waals surface area (Å²) in [5.74, 6) is 0. The van der Waals surface area contributed by atoms with Gasteiger partial charge in [-0.15, -0.1) is 22.7 Å². The molecule has 3 rings (SSSR count). The van der Waals surface area contributed by atoms with Gasteiger partial charge in [-0.2, -0.15) is 0 Å². The van der Waals surface area contributed by atoms with Crippen LogP contribution in [-0.2, 0) is 6.42 Å². The lowest BCUT2D eigenvalue weighted by Crippen LogP contribution is -1.83. The minimum absolute atomic E-state index is 1.06. The molecule has 0 saturated carbocycles. The van der Waals surface area contributed by atoms with Gasteiger partial charge in [-0.05, 0) is 23.9 Å². The highest BCUT2D eigenvalue weighted by atomic mass is 32.1. The third kappa shape index (κ3) is 2.10. The molecule has 0 atom stereocenters. The summed E-state index contributed by atoms with van der Waals surface area (Å²) >= 11 is 3.43. The Morgan fingerprint density at radius 1 is 1.29 bits per heavy atom. The number of thiophene rings is 1. The Bertz CT molecular complexity index is 639. The molecule has 0 radical (unpaired) electrons. The van der Waals surface area contributed by atoms with Crippen molar-refractivity contribution in [1.29, 1.82) is 0 Å². The number of nitrogens with zero attached hydrogens (tertiary/aromatic N) is 2. The van der Waals surface area contributed by atoms with E-state index in [0.717, 1.165) is 28.9 Å². The second-order valence-corrected chi connectivity index (χ2v) is 5.73. The van der Waals surface area contributed by atoms with E-state index in [0.29, 0.717) is 0 Å². The highest BCUT2D eigenvalue weighted by molar-refractivity contribution is 7.17. The Labute approximate surface area is 108 Å². The van der Waals surface area contributed by atoms with Crippen LogP contribution >= 0.6 is 22.7 Å². The average molecular weight is 260 g/mol. The Hall–Kier alpha value is -1.26. The number of rotatable bonds is 3. The van der Waals surface area contributed by atoms with Crippen LogP contribution in [0.2, 0.25) is 0 Å². The van der Waals surface area contributed by atoms with Crippen LogP contribution in [0, 0.1) is 0 Å². The topological polar surface area (TPSA) is 25.8 Å². The van der Waals surface area contributed by atoms with Gasteiger partial charge in [0, 0.05) is 17.1 Å². The van der Waals surface area contributed by atoms with Gasteiger partial charge in [0.2, 0.25) is 0 Å². The number of aryl methyl sites for hydroxylation is 1. The van der Waals surface area contributed by atoms with Crippen molar-refractivity contribution in [2.24, 2.45) is 0 Å². The first-order chi connectivity index (χ1) is 8.36. The number of pyridine rings is 1. The summed E-state index contributed by atoms with van der Waals surface area (Å²) in [5, 5.41) is 5.31. The molecule has 3 aromatic rings. The van der Waals surface area contributed by atoms with E-state index in [4.69, 9.17) is 0 Å². The number of aromatic nitrogens is 2. The molecule has 4 heteroatoms. The van der Waals surface area contributed by atoms with Gasteiger partial charge in [-0.3, -0.25) is 4.98 Å². The summed E-state index contributed by atoms with van der Waals surface area (Å²) in [6, 6.07) is 4.23. The van der Waals surface area contributed by atoms with Gasteiger partial charge in [-0.25, -0.2) is 4.98 Å². The third-order valence-corrected chi connectivity index (χ3v) is 4.40. The van der Waals surface area contributed by atoms with Crippen LogP contribution in [0.15, 0.2) is 29.1 Å². The average Bonchev–Trinajstić information content (AvgIpc) is 2.96. The standard InChI is InChI=1S/C13H12N2S2/c1-2-3-10-8-17-13(15-10)9-6-12-11(14-7-9)4-5-16-12/h4-8H,2-3H2,1H3. The normalized spacial score (nSPS) is 11.1. The number of hydrogen-bond donors (Lipinski definition) is 0. The maximum atomic E-state index is 4.64. The molecule has 0 saturated heterocycles. The van der Waals surface area contributed by atoms with Crippen LogP contribution in [0.3, 0.4) is 0 Å². The summed E-state index contributed by atoms with van der Waals surface area (Å²) < 4.78 is 1.23. The van der Waals surface area contributed by atoms with E-state index in [1.54, 1.807) is 22.7 Å². The third-order valence-electron chi connectivity index (χ3n) is 2.61. The summed E-state index contributed by atoms with van der Waals surface area (Å²) in [7, 11) is 0. The van der Waals surface area contributed by atoms with Crippen molar-refractivity contribution in [3.63, 3.8) is 0 Å². The Morgan fingerprint density at radius 2 is 2.24 bits per heavy atom. The summed E-state index contributed by atoms with van der Waals surface area (Å²) in [4.78, 5) is 9.09. The Morgan fingerprint density at radius 3 is 3.12 bits per heavy atom. The van der Waals surface area contributed by atoms with Crippen molar-refractivity contribution in [2.45, 2.75) is 19.8 Å². The highest BCUT2D eigenvalue weighted by Gasteiger charge is 2.06. The first kappa shape index (κ1) is 10.9. The fourth-order valence-electron chi connectivity index (χ4n) is 1.77. The predicted molar refractivity (Wildman–Crippen MR) is 74.7 cm³/mol. The summed E-state index contributed by atoms with van der Waals surface area (Å²) in [6.45, 7) is 2.18. The van der Waals surface area contributed by atoms with E-state index >= 15 is 0 Å². The van der Waals surface area contributed by atoms with Crippen molar-refractivity contribution < 1.29 is 0 Å². The maximum Gasteiger partial charge on any atom is 0.125 e. The second kappa shape index (κ2) is 4.55. The molecule has 0 aliphatic carbocycles. The van der Waals surface area contributed by atoms with Crippen molar-refractivity contribution in [2.75, 3.05) is 0 Å². The number of hydrogen-bond acceptors (Lipinski definition) is 4. The van der Waals surface area contributed by atoms with E-state index in [9.17, 15) is 0 Å². The van der Waals surface area contributed by atoms with Gasteiger partial charge in [0.15, 0.2) is 0 Å². The van der Waals surface area contributed by atoms with Crippen molar-refractivity contribution in [1.82, 2.24) is 9.97 Å². The molecule has 0 aromatic carbocycles. The van der Waals surface area contributed by atoms with Crippen molar-refractivity contribution >= 4 is 32.9 Å². The molecule has 0 fully saturated rings. The van der Waals surface area contributed by atoms with Gasteiger partial charge in [0.25, 0.3) is 0 Å². The van der Waals surface area contributed by atoms with Gasteiger partial charge in [-0.1, -0.05) is 13.3 Å². The molecular weight excluding hydrogens is 248 g/mol. The largest absolute Gasteiger partial charge is 0.255 e. The van der Waals surface area contributed by atoms with Crippen LogP contribution < -0.4 is 0 Å². The molecule has 0 unspecified atom stereocenters. The van der Waals surface area contributed by atoms with Crippen LogP contribution in [0.1, 0.15) is 19.0 Å². The zero-order chi connectivity index (χ0) is 11.7. The fraction of sp³-hybridized carbons (Fsp3) is 0.231. The predicted octanol–water partition coefficient (Wildman–Crippen LogP) is 4.37. The van der Waals surface area contributed by atoms with E-state index in [1.807, 2.05) is 12.3 Å².